The first-order chi connectivity index (χ1) is 15.8. The van der Waals surface area contributed by atoms with Crippen molar-refractivity contribution in [2.75, 3.05) is 19.6 Å². The van der Waals surface area contributed by atoms with Crippen molar-refractivity contribution in [3.05, 3.63) is 72.3 Å². The quantitative estimate of drug-likeness (QED) is 0.447. The zero-order chi connectivity index (χ0) is 21.8. The topological polar surface area (TPSA) is 46.3 Å². The highest BCUT2D eigenvalue weighted by Gasteiger charge is 2.31. The molecular weight excluding hydrogens is 396 g/mol. The fourth-order valence-corrected chi connectivity index (χ4v) is 5.44. The predicted octanol–water partition coefficient (Wildman–Crippen LogP) is 6.24. The van der Waals surface area contributed by atoms with Crippen LogP contribution in [0.15, 0.2) is 65.4 Å². The number of nitrogens with zero attached hydrogens (tertiary/aromatic N) is 2. The van der Waals surface area contributed by atoms with Crippen molar-refractivity contribution in [2.24, 2.45) is 5.92 Å². The summed E-state index contributed by atoms with van der Waals surface area (Å²) in [5, 5.41) is 1.16. The first-order valence-corrected chi connectivity index (χ1v) is 12.1. The lowest BCUT2D eigenvalue weighted by Gasteiger charge is -2.24. The summed E-state index contributed by atoms with van der Waals surface area (Å²) in [5.74, 6) is 0.561. The third-order valence-corrected chi connectivity index (χ3v) is 7.22. The molecule has 0 bridgehead atoms. The van der Waals surface area contributed by atoms with Gasteiger partial charge in [0.05, 0.1) is 17.9 Å². The summed E-state index contributed by atoms with van der Waals surface area (Å²) in [6.45, 7) is 2.90. The van der Waals surface area contributed by atoms with Crippen LogP contribution in [0, 0.1) is 5.92 Å². The van der Waals surface area contributed by atoms with E-state index in [9.17, 15) is 4.79 Å². The summed E-state index contributed by atoms with van der Waals surface area (Å²) in [4.78, 5) is 20.4. The first kappa shape index (κ1) is 21.1. The van der Waals surface area contributed by atoms with Crippen molar-refractivity contribution in [1.29, 1.82) is 0 Å². The minimum absolute atomic E-state index is 0.0807. The van der Waals surface area contributed by atoms with Crippen LogP contribution in [0.1, 0.15) is 62.1 Å². The summed E-state index contributed by atoms with van der Waals surface area (Å²) in [6.07, 6.45) is 13.5. The Morgan fingerprint density at radius 3 is 2.84 bits per heavy atom. The number of hydrogen-bond donors (Lipinski definition) is 0. The highest BCUT2D eigenvalue weighted by atomic mass is 16.3. The number of Topliss-reactive ketones (excluding diaryl/α,β-unsaturated/α-hetero) is 1. The van der Waals surface area contributed by atoms with Gasteiger partial charge < -0.3 is 4.42 Å². The van der Waals surface area contributed by atoms with Gasteiger partial charge in [0, 0.05) is 29.6 Å². The number of carbonyl (C=O) groups is 1. The van der Waals surface area contributed by atoms with Crippen LogP contribution >= 0.6 is 0 Å². The molecule has 4 nitrogen and oxygen atoms in total. The van der Waals surface area contributed by atoms with Crippen molar-refractivity contribution in [3.8, 4) is 0 Å². The van der Waals surface area contributed by atoms with Crippen molar-refractivity contribution in [2.45, 2.75) is 50.9 Å². The number of carbonyl (C=O) groups excluding carboxylic acids is 1. The average Bonchev–Trinajstić information content (AvgIpc) is 3.49. The van der Waals surface area contributed by atoms with E-state index in [2.05, 4.69) is 34.2 Å². The molecule has 0 spiro atoms. The summed E-state index contributed by atoms with van der Waals surface area (Å²) < 4.78 is 5.77. The van der Waals surface area contributed by atoms with Crippen LogP contribution < -0.4 is 0 Å². The molecule has 1 unspecified atom stereocenters. The van der Waals surface area contributed by atoms with Crippen LogP contribution in [0.4, 0.5) is 0 Å². The Bertz CT molecular complexity index is 1080. The fourth-order valence-electron chi connectivity index (χ4n) is 5.44. The van der Waals surface area contributed by atoms with Gasteiger partial charge in [0.2, 0.25) is 0 Å². The Labute approximate surface area is 190 Å². The number of furan rings is 1. The minimum Gasteiger partial charge on any atom is -0.464 e. The van der Waals surface area contributed by atoms with Gasteiger partial charge in [-0.3, -0.25) is 14.7 Å². The standard InChI is InChI=1S/C28H32N2O2/c31-27(22-7-1-2-8-22)25(26-12-3-4-16-29-26)14-19-30-17-6-10-21(13-18-30)24-11-5-9-23-15-20-32-28(23)24/h3-5,9,11-13,15-16,20,22,25H,1-2,6-8,10,14,17-19H2. The summed E-state index contributed by atoms with van der Waals surface area (Å²) in [6, 6.07) is 14.4. The number of benzene rings is 1. The second-order valence-corrected chi connectivity index (χ2v) is 9.26. The van der Waals surface area contributed by atoms with Crippen molar-refractivity contribution in [3.63, 3.8) is 0 Å². The van der Waals surface area contributed by atoms with Crippen LogP contribution in [0.2, 0.25) is 0 Å². The predicted molar refractivity (Wildman–Crippen MR) is 128 cm³/mol. The van der Waals surface area contributed by atoms with Gasteiger partial charge in [0.1, 0.15) is 11.4 Å². The maximum atomic E-state index is 13.3. The number of hydrogen-bond acceptors (Lipinski definition) is 4. The minimum atomic E-state index is -0.0807. The molecule has 5 rings (SSSR count). The van der Waals surface area contributed by atoms with E-state index in [-0.39, 0.29) is 11.8 Å². The number of aromatic nitrogens is 1. The van der Waals surface area contributed by atoms with Crippen LogP contribution in [-0.2, 0) is 4.79 Å². The molecule has 32 heavy (non-hydrogen) atoms. The highest BCUT2D eigenvalue weighted by Crippen LogP contribution is 2.33. The van der Waals surface area contributed by atoms with Gasteiger partial charge in [0.15, 0.2) is 0 Å². The van der Waals surface area contributed by atoms with Gasteiger partial charge in [-0.1, -0.05) is 43.2 Å². The van der Waals surface area contributed by atoms with Gasteiger partial charge >= 0.3 is 0 Å². The number of para-hydroxylation sites is 1. The summed E-state index contributed by atoms with van der Waals surface area (Å²) >= 11 is 0. The number of ketones is 1. The summed E-state index contributed by atoms with van der Waals surface area (Å²) in [5.41, 5.74) is 4.53. The Kier molecular flexibility index (Phi) is 6.49. The van der Waals surface area contributed by atoms with Gasteiger partial charge in [-0.2, -0.15) is 0 Å². The van der Waals surface area contributed by atoms with Gasteiger partial charge in [-0.25, -0.2) is 0 Å². The van der Waals surface area contributed by atoms with E-state index in [1.807, 2.05) is 30.5 Å². The maximum absolute atomic E-state index is 13.3. The third-order valence-electron chi connectivity index (χ3n) is 7.22. The van der Waals surface area contributed by atoms with Crippen LogP contribution in [0.25, 0.3) is 16.5 Å². The largest absolute Gasteiger partial charge is 0.464 e. The zero-order valence-corrected chi connectivity index (χ0v) is 18.7. The number of fused-ring (bicyclic) bond motifs is 1. The van der Waals surface area contributed by atoms with Crippen LogP contribution in [0.5, 0.6) is 0 Å². The molecule has 1 fully saturated rings. The molecule has 1 saturated carbocycles. The zero-order valence-electron chi connectivity index (χ0n) is 18.7. The maximum Gasteiger partial charge on any atom is 0.145 e. The van der Waals surface area contributed by atoms with Crippen LogP contribution in [0.3, 0.4) is 0 Å². The van der Waals surface area contributed by atoms with E-state index in [1.54, 1.807) is 6.26 Å². The number of pyridine rings is 1. The molecular formula is C28H32N2O2. The Morgan fingerprint density at radius 2 is 2.00 bits per heavy atom. The Balaban J connectivity index is 1.28. The van der Waals surface area contributed by atoms with Crippen molar-refractivity contribution < 1.29 is 9.21 Å². The van der Waals surface area contributed by atoms with E-state index in [1.165, 1.54) is 24.0 Å². The molecule has 0 N–H and O–H groups in total. The molecule has 2 aliphatic rings. The van der Waals surface area contributed by atoms with Crippen molar-refractivity contribution in [1.82, 2.24) is 9.88 Å². The molecule has 0 saturated heterocycles. The lowest BCUT2D eigenvalue weighted by Crippen LogP contribution is -2.29. The van der Waals surface area contributed by atoms with E-state index in [4.69, 9.17) is 4.42 Å². The SMILES string of the molecule is O=C(C1CCCC1)C(CCN1CC=C(c2cccc3ccoc23)CCC1)c1ccccn1. The third kappa shape index (κ3) is 4.56. The van der Waals surface area contributed by atoms with Crippen LogP contribution in [-0.4, -0.2) is 35.3 Å². The number of rotatable bonds is 7. The molecule has 3 aromatic rings. The first-order valence-electron chi connectivity index (χ1n) is 12.1. The van der Waals surface area contributed by atoms with E-state index in [0.29, 0.717) is 5.78 Å². The lowest BCUT2D eigenvalue weighted by molar-refractivity contribution is -0.124. The average molecular weight is 429 g/mol. The lowest BCUT2D eigenvalue weighted by atomic mass is 9.86. The monoisotopic (exact) mass is 428 g/mol. The summed E-state index contributed by atoms with van der Waals surface area (Å²) in [7, 11) is 0. The molecule has 166 valence electrons. The highest BCUT2D eigenvalue weighted by molar-refractivity contribution is 5.90. The number of allylic oxidation sites excluding steroid dienone is 1. The molecule has 0 amide bonds. The van der Waals surface area contributed by atoms with Crippen molar-refractivity contribution >= 4 is 22.3 Å². The van der Waals surface area contributed by atoms with E-state index >= 15 is 0 Å². The fraction of sp³-hybridized carbons (Fsp3) is 0.429. The molecule has 2 aromatic heterocycles. The second kappa shape index (κ2) is 9.83. The smallest absolute Gasteiger partial charge is 0.145 e. The van der Waals surface area contributed by atoms with Gasteiger partial charge in [-0.15, -0.1) is 0 Å². The van der Waals surface area contributed by atoms with E-state index in [0.717, 1.165) is 68.4 Å². The molecule has 1 aromatic carbocycles. The molecule has 1 aliphatic heterocycles. The van der Waals surface area contributed by atoms with Gasteiger partial charge in [-0.05, 0) is 69.0 Å². The Hall–Kier alpha value is -2.72. The second-order valence-electron chi connectivity index (χ2n) is 9.26. The van der Waals surface area contributed by atoms with Gasteiger partial charge in [0.25, 0.3) is 0 Å². The molecule has 3 heterocycles. The molecule has 0 radical (unpaired) electrons. The molecule has 4 heteroatoms. The molecule has 1 aliphatic carbocycles. The Morgan fingerprint density at radius 1 is 1.09 bits per heavy atom. The molecule has 1 atom stereocenters. The van der Waals surface area contributed by atoms with E-state index < -0.39 is 0 Å². The normalized spacial score (nSPS) is 19.1.